The van der Waals surface area contributed by atoms with Crippen molar-refractivity contribution in [1.82, 2.24) is 10.3 Å². The summed E-state index contributed by atoms with van der Waals surface area (Å²) < 4.78 is 6.10. The highest BCUT2D eigenvalue weighted by molar-refractivity contribution is 5.85. The van der Waals surface area contributed by atoms with E-state index in [0.29, 0.717) is 6.10 Å². The number of nitrogens with one attached hydrogen (secondary N) is 1. The Morgan fingerprint density at radius 3 is 3.00 bits per heavy atom. The molecule has 3 unspecified atom stereocenters. The van der Waals surface area contributed by atoms with Crippen LogP contribution in [0.3, 0.4) is 0 Å². The van der Waals surface area contributed by atoms with Gasteiger partial charge in [0.15, 0.2) is 0 Å². The number of pyridine rings is 1. The van der Waals surface area contributed by atoms with Gasteiger partial charge in [0.2, 0.25) is 0 Å². The number of hydrogen-bond donors (Lipinski definition) is 1. The Kier molecular flexibility index (Phi) is 3.99. The van der Waals surface area contributed by atoms with E-state index in [4.69, 9.17) is 4.74 Å². The predicted octanol–water partition coefficient (Wildman–Crippen LogP) is 3.45. The van der Waals surface area contributed by atoms with Crippen LogP contribution in [0.4, 0.5) is 0 Å². The minimum absolute atomic E-state index is 0.260. The number of ether oxygens (including phenoxy) is 1. The Balaban J connectivity index is 2.01. The molecule has 3 atom stereocenters. The molecule has 1 aromatic heterocycles. The van der Waals surface area contributed by atoms with Gasteiger partial charge in [-0.1, -0.05) is 25.1 Å². The summed E-state index contributed by atoms with van der Waals surface area (Å²) in [4.78, 5) is 4.22. The third-order valence-corrected chi connectivity index (χ3v) is 4.11. The summed E-state index contributed by atoms with van der Waals surface area (Å²) in [6.07, 6.45) is 6.72. The summed E-state index contributed by atoms with van der Waals surface area (Å²) in [6.45, 7) is 5.26. The van der Waals surface area contributed by atoms with E-state index in [-0.39, 0.29) is 12.1 Å². The minimum Gasteiger partial charge on any atom is -0.373 e. The molecule has 1 aliphatic heterocycles. The Morgan fingerprint density at radius 2 is 2.25 bits per heavy atom. The van der Waals surface area contributed by atoms with Crippen LogP contribution < -0.4 is 5.32 Å². The van der Waals surface area contributed by atoms with Crippen molar-refractivity contribution >= 4 is 10.8 Å². The normalized spacial score (nSPS) is 24.1. The average molecular weight is 270 g/mol. The number of nitrogens with zero attached hydrogens (tertiary/aromatic N) is 1. The van der Waals surface area contributed by atoms with Crippen LogP contribution in [0.15, 0.2) is 36.7 Å². The molecule has 0 spiro atoms. The zero-order chi connectivity index (χ0) is 13.9. The smallest absolute Gasteiger partial charge is 0.0774 e. The number of likely N-dealkylation sites (N-methyl/N-ethyl adjacent to an activating group) is 1. The van der Waals surface area contributed by atoms with Crippen LogP contribution in [-0.2, 0) is 4.74 Å². The molecule has 3 heteroatoms. The van der Waals surface area contributed by atoms with Gasteiger partial charge in [-0.15, -0.1) is 0 Å². The zero-order valence-corrected chi connectivity index (χ0v) is 12.2. The summed E-state index contributed by atoms with van der Waals surface area (Å²) in [5.41, 5.74) is 1.32. The number of aromatic nitrogens is 1. The third-order valence-electron chi connectivity index (χ3n) is 4.11. The third kappa shape index (κ3) is 2.56. The first-order chi connectivity index (χ1) is 9.79. The molecule has 0 aliphatic carbocycles. The first-order valence-electron chi connectivity index (χ1n) is 7.51. The maximum atomic E-state index is 6.10. The van der Waals surface area contributed by atoms with E-state index in [9.17, 15) is 0 Å². The van der Waals surface area contributed by atoms with Crippen molar-refractivity contribution in [2.24, 2.45) is 0 Å². The van der Waals surface area contributed by atoms with Crippen molar-refractivity contribution in [1.29, 1.82) is 0 Å². The first-order valence-corrected chi connectivity index (χ1v) is 7.51. The molecule has 0 bridgehead atoms. The van der Waals surface area contributed by atoms with Gasteiger partial charge in [-0.2, -0.15) is 0 Å². The molecule has 1 N–H and O–H groups in total. The summed E-state index contributed by atoms with van der Waals surface area (Å²) >= 11 is 0. The quantitative estimate of drug-likeness (QED) is 0.924. The zero-order valence-electron chi connectivity index (χ0n) is 12.2. The monoisotopic (exact) mass is 270 g/mol. The Hall–Kier alpha value is -1.45. The lowest BCUT2D eigenvalue weighted by Gasteiger charge is -2.26. The fraction of sp³-hybridized carbons (Fsp3) is 0.471. The Labute approximate surface area is 120 Å². The molecular weight excluding hydrogens is 248 g/mol. The fourth-order valence-electron chi connectivity index (χ4n) is 3.16. The van der Waals surface area contributed by atoms with Crippen molar-refractivity contribution in [3.8, 4) is 0 Å². The summed E-state index contributed by atoms with van der Waals surface area (Å²) in [5.74, 6) is 0. The fourth-order valence-corrected chi connectivity index (χ4v) is 3.16. The number of benzene rings is 1. The minimum atomic E-state index is 0.260. The van der Waals surface area contributed by atoms with E-state index in [1.54, 1.807) is 0 Å². The van der Waals surface area contributed by atoms with E-state index in [1.807, 2.05) is 12.4 Å². The van der Waals surface area contributed by atoms with Gasteiger partial charge in [0, 0.05) is 17.8 Å². The maximum absolute atomic E-state index is 6.10. The van der Waals surface area contributed by atoms with E-state index >= 15 is 0 Å². The van der Waals surface area contributed by atoms with Crippen molar-refractivity contribution < 1.29 is 4.74 Å². The van der Waals surface area contributed by atoms with Gasteiger partial charge in [0.1, 0.15) is 0 Å². The molecule has 1 aliphatic rings. The second kappa shape index (κ2) is 5.90. The summed E-state index contributed by atoms with van der Waals surface area (Å²) in [6, 6.07) is 8.81. The van der Waals surface area contributed by atoms with Crippen LogP contribution in [-0.4, -0.2) is 23.7 Å². The molecule has 106 valence electrons. The van der Waals surface area contributed by atoms with E-state index in [2.05, 4.69) is 48.4 Å². The largest absolute Gasteiger partial charge is 0.373 e. The second-order valence-corrected chi connectivity index (χ2v) is 5.54. The molecule has 2 heterocycles. The van der Waals surface area contributed by atoms with Gasteiger partial charge in [-0.05, 0) is 43.3 Å². The molecule has 3 rings (SSSR count). The molecule has 3 nitrogen and oxygen atoms in total. The molecular formula is C17H22N2O. The van der Waals surface area contributed by atoms with Gasteiger partial charge in [0.25, 0.3) is 0 Å². The van der Waals surface area contributed by atoms with Crippen molar-refractivity contribution in [3.63, 3.8) is 0 Å². The second-order valence-electron chi connectivity index (χ2n) is 5.54. The van der Waals surface area contributed by atoms with Gasteiger partial charge in [-0.25, -0.2) is 0 Å². The van der Waals surface area contributed by atoms with Gasteiger partial charge in [0.05, 0.1) is 18.2 Å². The number of rotatable bonds is 4. The first kappa shape index (κ1) is 13.5. The average Bonchev–Trinajstić information content (AvgIpc) is 2.91. The van der Waals surface area contributed by atoms with Gasteiger partial charge < -0.3 is 10.1 Å². The highest BCUT2D eigenvalue weighted by atomic mass is 16.5. The molecule has 2 aromatic rings. The van der Waals surface area contributed by atoms with Crippen LogP contribution in [0.25, 0.3) is 10.8 Å². The van der Waals surface area contributed by atoms with Crippen molar-refractivity contribution in [2.75, 3.05) is 6.54 Å². The Morgan fingerprint density at radius 1 is 1.35 bits per heavy atom. The molecule has 0 radical (unpaired) electrons. The molecule has 1 saturated heterocycles. The SMILES string of the molecule is CCNC(c1cccc2cnccc12)C1CCC(C)O1. The van der Waals surface area contributed by atoms with E-state index < -0.39 is 0 Å². The highest BCUT2D eigenvalue weighted by Gasteiger charge is 2.30. The lowest BCUT2D eigenvalue weighted by atomic mass is 9.94. The van der Waals surface area contributed by atoms with Crippen LogP contribution in [0.1, 0.15) is 38.3 Å². The van der Waals surface area contributed by atoms with Crippen molar-refractivity contribution in [2.45, 2.75) is 44.9 Å². The van der Waals surface area contributed by atoms with E-state index in [1.165, 1.54) is 16.3 Å². The van der Waals surface area contributed by atoms with Crippen LogP contribution >= 0.6 is 0 Å². The van der Waals surface area contributed by atoms with Gasteiger partial charge in [-0.3, -0.25) is 4.98 Å². The maximum Gasteiger partial charge on any atom is 0.0774 e. The molecule has 1 aromatic carbocycles. The summed E-state index contributed by atoms with van der Waals surface area (Å²) in [5, 5.41) is 6.08. The number of hydrogen-bond acceptors (Lipinski definition) is 3. The molecule has 20 heavy (non-hydrogen) atoms. The van der Waals surface area contributed by atoms with Crippen molar-refractivity contribution in [3.05, 3.63) is 42.2 Å². The van der Waals surface area contributed by atoms with Crippen LogP contribution in [0, 0.1) is 0 Å². The van der Waals surface area contributed by atoms with Crippen LogP contribution in [0.2, 0.25) is 0 Å². The summed E-state index contributed by atoms with van der Waals surface area (Å²) in [7, 11) is 0. The standard InChI is InChI=1S/C17H22N2O/c1-3-19-17(16-8-7-12(2)20-16)15-6-4-5-13-11-18-10-9-14(13)15/h4-6,9-12,16-17,19H,3,7-8H2,1-2H3. The van der Waals surface area contributed by atoms with E-state index in [0.717, 1.165) is 19.4 Å². The van der Waals surface area contributed by atoms with Gasteiger partial charge >= 0.3 is 0 Å². The molecule has 0 amide bonds. The topological polar surface area (TPSA) is 34.2 Å². The lowest BCUT2D eigenvalue weighted by Crippen LogP contribution is -2.32. The number of fused-ring (bicyclic) bond motifs is 1. The Bertz CT molecular complexity index is 579. The lowest BCUT2D eigenvalue weighted by molar-refractivity contribution is 0.0322. The van der Waals surface area contributed by atoms with Crippen LogP contribution in [0.5, 0.6) is 0 Å². The predicted molar refractivity (Wildman–Crippen MR) is 81.7 cm³/mol. The molecule has 0 saturated carbocycles. The highest BCUT2D eigenvalue weighted by Crippen LogP contribution is 2.33. The molecule has 1 fully saturated rings.